The van der Waals surface area contributed by atoms with Gasteiger partial charge in [0.05, 0.1) is 25.3 Å². The van der Waals surface area contributed by atoms with Crippen molar-refractivity contribution in [2.24, 2.45) is 5.92 Å². The molecule has 204 valence electrons. The van der Waals surface area contributed by atoms with E-state index >= 15 is 0 Å². The molecule has 1 atom stereocenters. The molecule has 1 amide bonds. The topological polar surface area (TPSA) is 79.3 Å². The Kier molecular flexibility index (Phi) is 8.59. The molecule has 1 saturated heterocycles. The summed E-state index contributed by atoms with van der Waals surface area (Å²) < 4.78 is 11.1. The van der Waals surface area contributed by atoms with Gasteiger partial charge >= 0.3 is 0 Å². The molecule has 7 nitrogen and oxygen atoms in total. The Morgan fingerprint density at radius 3 is 2.03 bits per heavy atom. The summed E-state index contributed by atoms with van der Waals surface area (Å²) in [4.78, 5) is 30.6. The molecule has 0 bridgehead atoms. The molecule has 3 aromatic rings. The number of anilines is 2. The van der Waals surface area contributed by atoms with Gasteiger partial charge in [-0.3, -0.25) is 14.5 Å². The lowest BCUT2D eigenvalue weighted by Gasteiger charge is -2.27. The van der Waals surface area contributed by atoms with E-state index in [0.717, 1.165) is 18.8 Å². The number of hydrogen-bond donors (Lipinski definition) is 1. The van der Waals surface area contributed by atoms with E-state index < -0.39 is 17.7 Å². The van der Waals surface area contributed by atoms with Crippen LogP contribution in [0.15, 0.2) is 78.4 Å². The molecule has 0 aromatic heterocycles. The molecular formula is C32H36N2O5. The van der Waals surface area contributed by atoms with Crippen molar-refractivity contribution in [3.63, 3.8) is 0 Å². The highest BCUT2D eigenvalue weighted by atomic mass is 16.5. The SMILES string of the molecule is CCN(CC)c1ccc(N2C(=O)C(=O)/C(=C(/O)c3ccc(OCC(C)C)cc3)C2c2ccc(OC)cc2)cc1. The van der Waals surface area contributed by atoms with Gasteiger partial charge in [0.15, 0.2) is 0 Å². The van der Waals surface area contributed by atoms with Crippen molar-refractivity contribution >= 4 is 28.8 Å². The summed E-state index contributed by atoms with van der Waals surface area (Å²) in [6.07, 6.45) is 0. The van der Waals surface area contributed by atoms with Gasteiger partial charge in [-0.15, -0.1) is 0 Å². The smallest absolute Gasteiger partial charge is 0.300 e. The van der Waals surface area contributed by atoms with Gasteiger partial charge in [-0.05, 0) is 86.0 Å². The molecular weight excluding hydrogens is 492 g/mol. The third-order valence-corrected chi connectivity index (χ3v) is 6.84. The van der Waals surface area contributed by atoms with E-state index in [-0.39, 0.29) is 11.3 Å². The van der Waals surface area contributed by atoms with Crippen LogP contribution in [0.4, 0.5) is 11.4 Å². The van der Waals surface area contributed by atoms with Crippen LogP contribution in [-0.4, -0.2) is 43.6 Å². The van der Waals surface area contributed by atoms with Crippen LogP contribution in [0.5, 0.6) is 11.5 Å². The van der Waals surface area contributed by atoms with Crippen LogP contribution in [0.25, 0.3) is 5.76 Å². The van der Waals surface area contributed by atoms with Crippen molar-refractivity contribution in [2.75, 3.05) is 36.6 Å². The standard InChI is InChI=1S/C32H36N2O5/c1-6-33(7-2)24-12-14-25(15-13-24)34-29(22-8-16-26(38-5)17-9-22)28(31(36)32(34)37)30(35)23-10-18-27(19-11-23)39-20-21(3)4/h8-19,21,29,35H,6-7,20H2,1-5H3/b30-28+. The van der Waals surface area contributed by atoms with Crippen molar-refractivity contribution in [1.82, 2.24) is 0 Å². The van der Waals surface area contributed by atoms with Gasteiger partial charge in [-0.1, -0.05) is 26.0 Å². The minimum Gasteiger partial charge on any atom is -0.507 e. The maximum absolute atomic E-state index is 13.5. The average molecular weight is 529 g/mol. The van der Waals surface area contributed by atoms with Gasteiger partial charge in [0.25, 0.3) is 11.7 Å². The predicted molar refractivity (Wildman–Crippen MR) is 155 cm³/mol. The van der Waals surface area contributed by atoms with Crippen LogP contribution in [0, 0.1) is 5.92 Å². The van der Waals surface area contributed by atoms with Crippen LogP contribution in [0.3, 0.4) is 0 Å². The molecule has 7 heteroatoms. The van der Waals surface area contributed by atoms with Crippen molar-refractivity contribution in [3.8, 4) is 11.5 Å². The molecule has 0 aliphatic carbocycles. The van der Waals surface area contributed by atoms with Crippen molar-refractivity contribution in [3.05, 3.63) is 89.5 Å². The van der Waals surface area contributed by atoms with E-state index in [1.807, 2.05) is 36.4 Å². The van der Waals surface area contributed by atoms with Crippen molar-refractivity contribution in [1.29, 1.82) is 0 Å². The second-order valence-electron chi connectivity index (χ2n) is 9.86. The summed E-state index contributed by atoms with van der Waals surface area (Å²) in [5.41, 5.74) is 2.75. The summed E-state index contributed by atoms with van der Waals surface area (Å²) in [5.74, 6) is 0.0366. The largest absolute Gasteiger partial charge is 0.507 e. The van der Waals surface area contributed by atoms with E-state index in [1.165, 1.54) is 4.90 Å². The first kappa shape index (κ1) is 27.8. The fraction of sp³-hybridized carbons (Fsp3) is 0.312. The number of hydrogen-bond acceptors (Lipinski definition) is 6. The number of ether oxygens (including phenoxy) is 2. The van der Waals surface area contributed by atoms with E-state index in [9.17, 15) is 14.7 Å². The number of amides is 1. The number of carbonyl (C=O) groups excluding carboxylic acids is 2. The predicted octanol–water partition coefficient (Wildman–Crippen LogP) is 6.20. The first-order valence-corrected chi connectivity index (χ1v) is 13.3. The summed E-state index contributed by atoms with van der Waals surface area (Å²) >= 11 is 0. The molecule has 0 spiro atoms. The quantitative estimate of drug-likeness (QED) is 0.192. The zero-order valence-corrected chi connectivity index (χ0v) is 23.2. The van der Waals surface area contributed by atoms with Crippen molar-refractivity contribution < 1.29 is 24.2 Å². The molecule has 1 heterocycles. The van der Waals surface area contributed by atoms with Gasteiger partial charge in [0, 0.05) is 30.0 Å². The monoisotopic (exact) mass is 528 g/mol. The molecule has 1 aliphatic rings. The fourth-order valence-electron chi connectivity index (χ4n) is 4.74. The lowest BCUT2D eigenvalue weighted by Crippen LogP contribution is -2.29. The molecule has 4 rings (SSSR count). The maximum Gasteiger partial charge on any atom is 0.300 e. The van der Waals surface area contributed by atoms with E-state index in [1.54, 1.807) is 43.5 Å². The Morgan fingerprint density at radius 1 is 0.897 bits per heavy atom. The maximum atomic E-state index is 13.5. The van der Waals surface area contributed by atoms with E-state index in [0.29, 0.717) is 40.8 Å². The summed E-state index contributed by atoms with van der Waals surface area (Å²) in [6.45, 7) is 10.6. The highest BCUT2D eigenvalue weighted by Gasteiger charge is 2.47. The van der Waals surface area contributed by atoms with Crippen LogP contribution in [0.2, 0.25) is 0 Å². The molecule has 1 fully saturated rings. The number of nitrogens with zero attached hydrogens (tertiary/aromatic N) is 2. The van der Waals surface area contributed by atoms with Gasteiger partial charge in [-0.25, -0.2) is 0 Å². The Hall–Kier alpha value is -4.26. The number of rotatable bonds is 10. The number of aliphatic hydroxyl groups is 1. The number of methoxy groups -OCH3 is 1. The number of benzene rings is 3. The molecule has 0 radical (unpaired) electrons. The minimum absolute atomic E-state index is 0.0360. The zero-order chi connectivity index (χ0) is 28.1. The first-order chi connectivity index (χ1) is 18.8. The first-order valence-electron chi connectivity index (χ1n) is 13.3. The number of aliphatic hydroxyl groups excluding tert-OH is 1. The number of carbonyl (C=O) groups is 2. The van der Waals surface area contributed by atoms with Crippen LogP contribution in [0.1, 0.15) is 44.9 Å². The molecule has 1 N–H and O–H groups in total. The lowest BCUT2D eigenvalue weighted by molar-refractivity contribution is -0.132. The van der Waals surface area contributed by atoms with Gasteiger partial charge < -0.3 is 19.5 Å². The Balaban J connectivity index is 1.79. The molecule has 1 aliphatic heterocycles. The van der Waals surface area contributed by atoms with E-state index in [4.69, 9.17) is 9.47 Å². The summed E-state index contributed by atoms with van der Waals surface area (Å²) in [6, 6.07) is 20.8. The van der Waals surface area contributed by atoms with Crippen molar-refractivity contribution in [2.45, 2.75) is 33.7 Å². The lowest BCUT2D eigenvalue weighted by atomic mass is 9.95. The molecule has 0 saturated carbocycles. The highest BCUT2D eigenvalue weighted by Crippen LogP contribution is 2.43. The van der Waals surface area contributed by atoms with Crippen LogP contribution < -0.4 is 19.3 Å². The zero-order valence-electron chi connectivity index (χ0n) is 23.2. The molecule has 1 unspecified atom stereocenters. The van der Waals surface area contributed by atoms with Gasteiger partial charge in [-0.2, -0.15) is 0 Å². The Labute approximate surface area is 230 Å². The molecule has 3 aromatic carbocycles. The third-order valence-electron chi connectivity index (χ3n) is 6.84. The Bertz CT molecular complexity index is 1320. The van der Waals surface area contributed by atoms with Crippen LogP contribution >= 0.6 is 0 Å². The summed E-state index contributed by atoms with van der Waals surface area (Å²) in [5, 5.41) is 11.4. The average Bonchev–Trinajstić information content (AvgIpc) is 3.22. The normalized spacial score (nSPS) is 16.6. The minimum atomic E-state index is -0.813. The second-order valence-corrected chi connectivity index (χ2v) is 9.86. The van der Waals surface area contributed by atoms with Crippen LogP contribution in [-0.2, 0) is 9.59 Å². The van der Waals surface area contributed by atoms with Gasteiger partial charge in [0.2, 0.25) is 0 Å². The van der Waals surface area contributed by atoms with E-state index in [2.05, 4.69) is 32.6 Å². The molecule has 39 heavy (non-hydrogen) atoms. The highest BCUT2D eigenvalue weighted by molar-refractivity contribution is 6.51. The third kappa shape index (κ3) is 5.77. The fourth-order valence-corrected chi connectivity index (χ4v) is 4.74. The number of ketones is 1. The van der Waals surface area contributed by atoms with Gasteiger partial charge in [0.1, 0.15) is 17.3 Å². The number of Topliss-reactive ketones (excluding diaryl/α,β-unsaturated/α-hetero) is 1. The Morgan fingerprint density at radius 2 is 1.49 bits per heavy atom. The summed E-state index contributed by atoms with van der Waals surface area (Å²) in [7, 11) is 1.58. The second kappa shape index (κ2) is 12.1.